The van der Waals surface area contributed by atoms with Gasteiger partial charge in [-0.1, -0.05) is 6.92 Å². The van der Waals surface area contributed by atoms with Crippen LogP contribution in [0.15, 0.2) is 30.3 Å². The number of hydrogen-bond acceptors (Lipinski definition) is 5. The normalized spacial score (nSPS) is 17.1. The van der Waals surface area contributed by atoms with E-state index in [9.17, 15) is 14.0 Å². The van der Waals surface area contributed by atoms with E-state index in [0.29, 0.717) is 23.5 Å². The lowest BCUT2D eigenvalue weighted by Crippen LogP contribution is -2.34. The van der Waals surface area contributed by atoms with E-state index in [-0.39, 0.29) is 17.6 Å². The molecule has 3 heterocycles. The van der Waals surface area contributed by atoms with Crippen molar-refractivity contribution in [3.8, 4) is 0 Å². The molecular formula is C22H20FN3O2S. The molecule has 1 N–H and O–H groups in total. The molecule has 0 atom stereocenters. The van der Waals surface area contributed by atoms with Crippen molar-refractivity contribution in [2.24, 2.45) is 0 Å². The van der Waals surface area contributed by atoms with Gasteiger partial charge in [0.15, 0.2) is 0 Å². The Morgan fingerprint density at radius 1 is 1.17 bits per heavy atom. The fraction of sp³-hybridized carbons (Fsp3) is 0.318. The number of nitrogens with zero attached hydrogens (tertiary/aromatic N) is 2. The van der Waals surface area contributed by atoms with Gasteiger partial charge in [0.2, 0.25) is 0 Å². The van der Waals surface area contributed by atoms with Crippen molar-refractivity contribution in [2.45, 2.75) is 32.1 Å². The SMILES string of the molecule is CCc1c(N2CCC(c3nsc4cc(F)ccc34)CC2)ccc2c1C(=O)NC2=O. The third-order valence-electron chi connectivity index (χ3n) is 6.02. The first-order valence-electron chi connectivity index (χ1n) is 9.88. The summed E-state index contributed by atoms with van der Waals surface area (Å²) in [5, 5.41) is 3.46. The van der Waals surface area contributed by atoms with Crippen LogP contribution in [0.1, 0.15) is 57.7 Å². The van der Waals surface area contributed by atoms with Gasteiger partial charge in [-0.05, 0) is 66.7 Å². The first-order valence-corrected chi connectivity index (χ1v) is 10.7. The number of nitrogens with one attached hydrogen (secondary N) is 1. The standard InChI is InChI=1S/C22H20FN3O2S/c1-2-14-17(6-5-16-19(14)22(28)24-21(16)27)26-9-7-12(8-10-26)20-15-4-3-13(23)11-18(15)29-25-20/h3-6,11-12H,2,7-10H2,1H3,(H,24,27,28). The van der Waals surface area contributed by atoms with Crippen molar-refractivity contribution in [2.75, 3.05) is 18.0 Å². The summed E-state index contributed by atoms with van der Waals surface area (Å²) in [6.07, 6.45) is 2.59. The Hall–Kier alpha value is -2.80. The van der Waals surface area contributed by atoms with E-state index in [1.54, 1.807) is 12.1 Å². The highest BCUT2D eigenvalue weighted by atomic mass is 32.1. The van der Waals surface area contributed by atoms with Gasteiger partial charge < -0.3 is 4.90 Å². The minimum absolute atomic E-state index is 0.228. The number of anilines is 1. The molecule has 5 nitrogen and oxygen atoms in total. The first-order chi connectivity index (χ1) is 14.1. The molecule has 29 heavy (non-hydrogen) atoms. The van der Waals surface area contributed by atoms with Crippen molar-refractivity contribution in [3.63, 3.8) is 0 Å². The Morgan fingerprint density at radius 2 is 1.97 bits per heavy atom. The summed E-state index contributed by atoms with van der Waals surface area (Å²) >= 11 is 1.36. The molecule has 5 rings (SSSR count). The molecule has 0 unspecified atom stereocenters. The van der Waals surface area contributed by atoms with E-state index in [0.717, 1.165) is 53.0 Å². The van der Waals surface area contributed by atoms with Gasteiger partial charge in [-0.15, -0.1) is 0 Å². The molecule has 2 aromatic carbocycles. The molecule has 0 aliphatic carbocycles. The average molecular weight is 409 g/mol. The van der Waals surface area contributed by atoms with Gasteiger partial charge in [0.05, 0.1) is 21.5 Å². The quantitative estimate of drug-likeness (QED) is 0.657. The van der Waals surface area contributed by atoms with Crippen LogP contribution < -0.4 is 10.2 Å². The van der Waals surface area contributed by atoms with Gasteiger partial charge in [0, 0.05) is 30.1 Å². The lowest BCUT2D eigenvalue weighted by Gasteiger charge is -2.34. The van der Waals surface area contributed by atoms with Gasteiger partial charge in [-0.3, -0.25) is 14.9 Å². The second kappa shape index (κ2) is 6.91. The Balaban J connectivity index is 1.40. The third-order valence-corrected chi connectivity index (χ3v) is 6.85. The molecule has 1 saturated heterocycles. The van der Waals surface area contributed by atoms with Crippen molar-refractivity contribution in [1.29, 1.82) is 0 Å². The molecule has 1 fully saturated rings. The molecule has 0 radical (unpaired) electrons. The molecule has 3 aromatic rings. The number of hydrogen-bond donors (Lipinski definition) is 1. The molecule has 2 aliphatic rings. The van der Waals surface area contributed by atoms with Crippen molar-refractivity contribution >= 4 is 39.1 Å². The summed E-state index contributed by atoms with van der Waals surface area (Å²) in [5.74, 6) is -0.486. The number of imide groups is 1. The van der Waals surface area contributed by atoms with E-state index in [1.165, 1.54) is 17.6 Å². The van der Waals surface area contributed by atoms with Crippen LogP contribution in [0.3, 0.4) is 0 Å². The minimum Gasteiger partial charge on any atom is -0.371 e. The Bertz CT molecular complexity index is 1150. The molecule has 0 saturated carbocycles. The molecule has 2 amide bonds. The topological polar surface area (TPSA) is 62.3 Å². The van der Waals surface area contributed by atoms with Crippen LogP contribution in [-0.4, -0.2) is 29.3 Å². The number of carbonyl (C=O) groups is 2. The molecular weight excluding hydrogens is 389 g/mol. The highest BCUT2D eigenvalue weighted by Gasteiger charge is 2.32. The molecule has 1 aromatic heterocycles. The van der Waals surface area contributed by atoms with Gasteiger partial charge in [0.1, 0.15) is 5.82 Å². The number of carbonyl (C=O) groups excluding carboxylic acids is 2. The van der Waals surface area contributed by atoms with Crippen LogP contribution in [-0.2, 0) is 6.42 Å². The number of amides is 2. The van der Waals surface area contributed by atoms with Gasteiger partial charge in [0.25, 0.3) is 11.8 Å². The van der Waals surface area contributed by atoms with Gasteiger partial charge in [-0.25, -0.2) is 4.39 Å². The average Bonchev–Trinajstić information content (AvgIpc) is 3.27. The number of rotatable bonds is 3. The summed E-state index contributed by atoms with van der Waals surface area (Å²) < 4.78 is 19.0. The van der Waals surface area contributed by atoms with E-state index in [1.807, 2.05) is 19.1 Å². The maximum absolute atomic E-state index is 13.5. The number of halogens is 1. The highest BCUT2D eigenvalue weighted by molar-refractivity contribution is 7.13. The molecule has 7 heteroatoms. The Labute approximate surface area is 171 Å². The summed E-state index contributed by atoms with van der Waals surface area (Å²) in [6.45, 7) is 3.72. The summed E-state index contributed by atoms with van der Waals surface area (Å²) in [5.41, 5.74) is 4.06. The molecule has 148 valence electrons. The number of piperidine rings is 1. The van der Waals surface area contributed by atoms with Gasteiger partial charge >= 0.3 is 0 Å². The smallest absolute Gasteiger partial charge is 0.259 e. The van der Waals surface area contributed by atoms with Crippen LogP contribution >= 0.6 is 11.5 Å². The van der Waals surface area contributed by atoms with E-state index in [2.05, 4.69) is 14.6 Å². The maximum atomic E-state index is 13.5. The zero-order valence-electron chi connectivity index (χ0n) is 16.0. The molecule has 2 aliphatic heterocycles. The Morgan fingerprint density at radius 3 is 2.72 bits per heavy atom. The minimum atomic E-state index is -0.309. The van der Waals surface area contributed by atoms with E-state index < -0.39 is 0 Å². The summed E-state index contributed by atoms with van der Waals surface area (Å²) in [6, 6.07) is 8.62. The monoisotopic (exact) mass is 409 g/mol. The van der Waals surface area contributed by atoms with Crippen LogP contribution in [0.25, 0.3) is 10.1 Å². The summed E-state index contributed by atoms with van der Waals surface area (Å²) in [7, 11) is 0. The number of aromatic nitrogens is 1. The number of fused-ring (bicyclic) bond motifs is 2. The largest absolute Gasteiger partial charge is 0.371 e. The highest BCUT2D eigenvalue weighted by Crippen LogP contribution is 2.37. The van der Waals surface area contributed by atoms with Crippen molar-refractivity contribution in [1.82, 2.24) is 9.69 Å². The maximum Gasteiger partial charge on any atom is 0.259 e. The first kappa shape index (κ1) is 18.2. The second-order valence-electron chi connectivity index (χ2n) is 7.59. The predicted octanol–water partition coefficient (Wildman–Crippen LogP) is 4.27. The van der Waals surface area contributed by atoms with Crippen LogP contribution in [0.2, 0.25) is 0 Å². The fourth-order valence-electron chi connectivity index (χ4n) is 4.59. The van der Waals surface area contributed by atoms with E-state index >= 15 is 0 Å². The van der Waals surface area contributed by atoms with Crippen molar-refractivity contribution < 1.29 is 14.0 Å². The molecule has 0 bridgehead atoms. The second-order valence-corrected chi connectivity index (χ2v) is 8.40. The summed E-state index contributed by atoms with van der Waals surface area (Å²) in [4.78, 5) is 26.5. The predicted molar refractivity (Wildman–Crippen MR) is 111 cm³/mol. The van der Waals surface area contributed by atoms with Gasteiger partial charge in [-0.2, -0.15) is 4.37 Å². The lowest BCUT2D eigenvalue weighted by molar-refractivity contribution is 0.0879. The zero-order valence-corrected chi connectivity index (χ0v) is 16.8. The Kier molecular flexibility index (Phi) is 4.35. The van der Waals surface area contributed by atoms with E-state index in [4.69, 9.17) is 0 Å². The van der Waals surface area contributed by atoms with Crippen molar-refractivity contribution in [3.05, 3.63) is 58.5 Å². The molecule has 0 spiro atoms. The van der Waals surface area contributed by atoms with Crippen LogP contribution in [0.5, 0.6) is 0 Å². The van der Waals surface area contributed by atoms with Crippen LogP contribution in [0.4, 0.5) is 10.1 Å². The number of benzene rings is 2. The zero-order chi connectivity index (χ0) is 20.1. The lowest BCUT2D eigenvalue weighted by atomic mass is 9.90. The fourth-order valence-corrected chi connectivity index (χ4v) is 5.47. The van der Waals surface area contributed by atoms with Crippen LogP contribution in [0, 0.1) is 5.82 Å². The third kappa shape index (κ3) is 2.92.